The highest BCUT2D eigenvalue weighted by molar-refractivity contribution is 6.35. The second kappa shape index (κ2) is 6.43. The molecule has 1 heterocycles. The second-order valence-electron chi connectivity index (χ2n) is 6.20. The lowest BCUT2D eigenvalue weighted by Gasteiger charge is -2.29. The smallest absolute Gasteiger partial charge is 0.0536 e. The number of aliphatic hydroxyl groups is 1. The van der Waals surface area contributed by atoms with Gasteiger partial charge in [-0.2, -0.15) is 0 Å². The number of aliphatic hydroxyl groups excluding tert-OH is 1. The van der Waals surface area contributed by atoms with Crippen molar-refractivity contribution in [3.8, 4) is 0 Å². The number of hydrogen-bond donors (Lipinski definition) is 2. The van der Waals surface area contributed by atoms with E-state index in [1.165, 1.54) is 11.1 Å². The Labute approximate surface area is 135 Å². The van der Waals surface area contributed by atoms with Crippen LogP contribution in [0.4, 0.5) is 0 Å². The summed E-state index contributed by atoms with van der Waals surface area (Å²) in [5.74, 6) is 0. The average Bonchev–Trinajstić information content (AvgIpc) is 3.04. The fraction of sp³-hybridized carbons (Fsp3) is 0.625. The van der Waals surface area contributed by atoms with Gasteiger partial charge in [-0.1, -0.05) is 23.2 Å². The maximum absolute atomic E-state index is 9.30. The summed E-state index contributed by atoms with van der Waals surface area (Å²) in [6, 6.07) is 4.15. The number of benzene rings is 1. The van der Waals surface area contributed by atoms with Crippen molar-refractivity contribution in [2.24, 2.45) is 5.41 Å². The summed E-state index contributed by atoms with van der Waals surface area (Å²) >= 11 is 12.4. The van der Waals surface area contributed by atoms with Gasteiger partial charge in [0.25, 0.3) is 0 Å². The summed E-state index contributed by atoms with van der Waals surface area (Å²) in [4.78, 5) is 0. The molecule has 2 N–H and O–H groups in total. The molecule has 3 nitrogen and oxygen atoms in total. The highest BCUT2D eigenvalue weighted by Gasteiger charge is 2.35. The molecule has 0 amide bonds. The summed E-state index contributed by atoms with van der Waals surface area (Å²) in [7, 11) is 0. The van der Waals surface area contributed by atoms with E-state index >= 15 is 0 Å². The van der Waals surface area contributed by atoms with Crippen LogP contribution in [0.5, 0.6) is 0 Å². The van der Waals surface area contributed by atoms with Crippen LogP contribution in [0.15, 0.2) is 12.1 Å². The molecule has 0 unspecified atom stereocenters. The Morgan fingerprint density at radius 3 is 2.95 bits per heavy atom. The van der Waals surface area contributed by atoms with Crippen molar-refractivity contribution in [2.45, 2.75) is 31.7 Å². The van der Waals surface area contributed by atoms with E-state index in [9.17, 15) is 5.11 Å². The minimum Gasteiger partial charge on any atom is -0.396 e. The monoisotopic (exact) mass is 329 g/mol. The first kappa shape index (κ1) is 15.6. The minimum absolute atomic E-state index is 0.0693. The third kappa shape index (κ3) is 3.22. The molecule has 1 fully saturated rings. The molecule has 1 aromatic rings. The number of nitrogens with one attached hydrogen (secondary N) is 1. The normalized spacial score (nSPS) is 28.0. The maximum Gasteiger partial charge on any atom is 0.0536 e. The van der Waals surface area contributed by atoms with Crippen molar-refractivity contribution >= 4 is 23.2 Å². The van der Waals surface area contributed by atoms with Gasteiger partial charge in [0.2, 0.25) is 0 Å². The van der Waals surface area contributed by atoms with E-state index in [0.29, 0.717) is 11.1 Å². The molecule has 0 radical (unpaired) electrons. The lowest BCUT2D eigenvalue weighted by Crippen LogP contribution is -2.37. The summed E-state index contributed by atoms with van der Waals surface area (Å²) in [6.07, 6.45) is 3.84. The van der Waals surface area contributed by atoms with Gasteiger partial charge >= 0.3 is 0 Å². The lowest BCUT2D eigenvalue weighted by molar-refractivity contribution is 0.122. The topological polar surface area (TPSA) is 41.5 Å². The van der Waals surface area contributed by atoms with E-state index in [2.05, 4.69) is 5.32 Å². The van der Waals surface area contributed by atoms with Crippen LogP contribution in [-0.4, -0.2) is 31.5 Å². The van der Waals surface area contributed by atoms with Gasteiger partial charge < -0.3 is 15.2 Å². The summed E-state index contributed by atoms with van der Waals surface area (Å²) in [5.41, 5.74) is 2.52. The molecule has 0 saturated carbocycles. The van der Waals surface area contributed by atoms with Gasteiger partial charge in [0, 0.05) is 41.3 Å². The maximum atomic E-state index is 9.30. The van der Waals surface area contributed by atoms with E-state index in [4.69, 9.17) is 27.9 Å². The number of fused-ring (bicyclic) bond motifs is 1. The Hall–Kier alpha value is -0.320. The van der Waals surface area contributed by atoms with Gasteiger partial charge in [0.1, 0.15) is 0 Å². The first-order valence-electron chi connectivity index (χ1n) is 7.53. The van der Waals surface area contributed by atoms with Crippen LogP contribution in [0.25, 0.3) is 0 Å². The SMILES string of the molecule is OCC[C@@]1(CN[C@H]2CCc3c(Cl)cc(Cl)cc32)CCOC1. The van der Waals surface area contributed by atoms with Crippen LogP contribution in [0.2, 0.25) is 10.0 Å². The molecule has 0 bridgehead atoms. The Balaban J connectivity index is 1.71. The Kier molecular flexibility index (Phi) is 4.77. The minimum atomic E-state index is 0.0693. The van der Waals surface area contributed by atoms with Crippen molar-refractivity contribution in [3.63, 3.8) is 0 Å². The zero-order valence-corrected chi connectivity index (χ0v) is 13.5. The van der Waals surface area contributed by atoms with Gasteiger partial charge in [0.05, 0.1) is 6.61 Å². The summed E-state index contributed by atoms with van der Waals surface area (Å²) in [6.45, 7) is 2.60. The van der Waals surface area contributed by atoms with Crippen LogP contribution >= 0.6 is 23.2 Å². The Morgan fingerprint density at radius 1 is 1.38 bits per heavy atom. The zero-order valence-electron chi connectivity index (χ0n) is 12.0. The van der Waals surface area contributed by atoms with Gasteiger partial charge in [-0.05, 0) is 48.9 Å². The van der Waals surface area contributed by atoms with E-state index < -0.39 is 0 Å². The lowest BCUT2D eigenvalue weighted by atomic mass is 9.83. The van der Waals surface area contributed by atoms with Crippen LogP contribution in [0.3, 0.4) is 0 Å². The number of hydrogen-bond acceptors (Lipinski definition) is 3. The molecule has 1 saturated heterocycles. The van der Waals surface area contributed by atoms with Gasteiger partial charge in [-0.3, -0.25) is 0 Å². The van der Waals surface area contributed by atoms with Crippen LogP contribution in [0, 0.1) is 5.41 Å². The molecule has 2 atom stereocenters. The van der Waals surface area contributed by atoms with Crippen LogP contribution in [-0.2, 0) is 11.2 Å². The zero-order chi connectivity index (χ0) is 14.9. The fourth-order valence-electron chi connectivity index (χ4n) is 3.51. The summed E-state index contributed by atoms with van der Waals surface area (Å²) in [5, 5.41) is 14.4. The first-order valence-corrected chi connectivity index (χ1v) is 8.29. The van der Waals surface area contributed by atoms with E-state index in [0.717, 1.165) is 50.5 Å². The quantitative estimate of drug-likeness (QED) is 0.870. The first-order chi connectivity index (χ1) is 10.1. The molecule has 5 heteroatoms. The third-order valence-corrected chi connectivity index (χ3v) is 5.36. The summed E-state index contributed by atoms with van der Waals surface area (Å²) < 4.78 is 5.54. The number of halogens is 2. The molecule has 1 aliphatic heterocycles. The van der Waals surface area contributed by atoms with Gasteiger partial charge in [-0.15, -0.1) is 0 Å². The molecule has 116 valence electrons. The van der Waals surface area contributed by atoms with Gasteiger partial charge in [0.15, 0.2) is 0 Å². The highest BCUT2D eigenvalue weighted by Crippen LogP contribution is 2.39. The molecule has 0 spiro atoms. The van der Waals surface area contributed by atoms with Crippen molar-refractivity contribution < 1.29 is 9.84 Å². The molecular weight excluding hydrogens is 309 g/mol. The van der Waals surface area contributed by atoms with Crippen LogP contribution < -0.4 is 5.32 Å². The van der Waals surface area contributed by atoms with E-state index in [1.807, 2.05) is 12.1 Å². The predicted molar refractivity (Wildman–Crippen MR) is 85.1 cm³/mol. The van der Waals surface area contributed by atoms with Crippen molar-refractivity contribution in [1.82, 2.24) is 5.32 Å². The highest BCUT2D eigenvalue weighted by atomic mass is 35.5. The third-order valence-electron chi connectivity index (χ3n) is 4.80. The molecule has 3 rings (SSSR count). The Morgan fingerprint density at radius 2 is 2.24 bits per heavy atom. The van der Waals surface area contributed by atoms with Crippen molar-refractivity contribution in [3.05, 3.63) is 33.3 Å². The van der Waals surface area contributed by atoms with E-state index in [-0.39, 0.29) is 12.0 Å². The molecule has 0 aromatic heterocycles. The van der Waals surface area contributed by atoms with Crippen molar-refractivity contribution in [1.29, 1.82) is 0 Å². The molecule has 21 heavy (non-hydrogen) atoms. The van der Waals surface area contributed by atoms with Gasteiger partial charge in [-0.25, -0.2) is 0 Å². The van der Waals surface area contributed by atoms with Crippen molar-refractivity contribution in [2.75, 3.05) is 26.4 Å². The largest absolute Gasteiger partial charge is 0.396 e. The van der Waals surface area contributed by atoms with Crippen LogP contribution in [0.1, 0.15) is 36.4 Å². The molecule has 2 aliphatic rings. The number of rotatable bonds is 5. The van der Waals surface area contributed by atoms with E-state index in [1.54, 1.807) is 0 Å². The predicted octanol–water partition coefficient (Wildman–Crippen LogP) is 3.36. The molecular formula is C16H21Cl2NO2. The average molecular weight is 330 g/mol. The number of ether oxygens (including phenoxy) is 1. The second-order valence-corrected chi connectivity index (χ2v) is 7.05. The Bertz CT molecular complexity index is 515. The molecule has 1 aromatic carbocycles. The standard InChI is InChI=1S/C16H21Cl2NO2/c17-11-7-13-12(14(18)8-11)1-2-15(13)19-9-16(3-5-20)4-6-21-10-16/h7-8,15,19-20H,1-6,9-10H2/t15-,16-/m0/s1. The fourth-order valence-corrected chi connectivity index (χ4v) is 4.11. The molecule has 1 aliphatic carbocycles.